The van der Waals surface area contributed by atoms with Gasteiger partial charge in [-0.2, -0.15) is 0 Å². The van der Waals surface area contributed by atoms with Crippen molar-refractivity contribution < 1.29 is 9.53 Å². The molecular weight excluding hydrogens is 252 g/mol. The molecule has 4 heteroatoms. The molecule has 0 bridgehead atoms. The predicted molar refractivity (Wildman–Crippen MR) is 80.1 cm³/mol. The Morgan fingerprint density at radius 3 is 2.60 bits per heavy atom. The highest BCUT2D eigenvalue weighted by Crippen LogP contribution is 2.24. The van der Waals surface area contributed by atoms with Gasteiger partial charge in [-0.05, 0) is 30.7 Å². The molecular formula is C16H18N2O2. The number of hydrogen-bond donors (Lipinski definition) is 2. The van der Waals surface area contributed by atoms with Crippen LogP contribution in [-0.2, 0) is 0 Å². The summed E-state index contributed by atoms with van der Waals surface area (Å²) in [4.78, 5) is 12.3. The van der Waals surface area contributed by atoms with Gasteiger partial charge in [-0.15, -0.1) is 0 Å². The summed E-state index contributed by atoms with van der Waals surface area (Å²) in [7, 11) is 0. The maximum absolute atomic E-state index is 12.3. The fraction of sp³-hybridized carbons (Fsp3) is 0.188. The number of ether oxygens (including phenoxy) is 1. The molecule has 0 aliphatic rings. The number of carbonyl (C=O) groups excluding carboxylic acids is 1. The van der Waals surface area contributed by atoms with Crippen LogP contribution in [0.25, 0.3) is 0 Å². The van der Waals surface area contributed by atoms with E-state index in [0.29, 0.717) is 30.2 Å². The van der Waals surface area contributed by atoms with E-state index in [4.69, 9.17) is 10.5 Å². The molecule has 0 saturated heterocycles. The van der Waals surface area contributed by atoms with Crippen LogP contribution >= 0.6 is 0 Å². The zero-order valence-corrected chi connectivity index (χ0v) is 11.4. The molecule has 4 nitrogen and oxygen atoms in total. The van der Waals surface area contributed by atoms with E-state index in [2.05, 4.69) is 5.32 Å². The van der Waals surface area contributed by atoms with Crippen molar-refractivity contribution in [1.29, 1.82) is 0 Å². The number of amides is 1. The first-order valence-corrected chi connectivity index (χ1v) is 6.51. The smallest absolute Gasteiger partial charge is 0.256 e. The van der Waals surface area contributed by atoms with E-state index in [9.17, 15) is 4.79 Å². The van der Waals surface area contributed by atoms with Crippen LogP contribution in [0.15, 0.2) is 48.5 Å². The normalized spacial score (nSPS) is 10.1. The van der Waals surface area contributed by atoms with Gasteiger partial charge < -0.3 is 15.8 Å². The Morgan fingerprint density at radius 1 is 1.15 bits per heavy atom. The fourth-order valence-corrected chi connectivity index (χ4v) is 1.88. The van der Waals surface area contributed by atoms with Crippen molar-refractivity contribution in [1.82, 2.24) is 0 Å². The van der Waals surface area contributed by atoms with Crippen LogP contribution in [0.5, 0.6) is 5.75 Å². The number of rotatable bonds is 5. The summed E-state index contributed by atoms with van der Waals surface area (Å²) in [5.41, 5.74) is 7.66. The van der Waals surface area contributed by atoms with Crippen LogP contribution in [0, 0.1) is 6.92 Å². The molecule has 0 aliphatic heterocycles. The quantitative estimate of drug-likeness (QED) is 0.877. The molecule has 0 heterocycles. The highest BCUT2D eigenvalue weighted by molar-refractivity contribution is 6.05. The minimum atomic E-state index is -0.146. The van der Waals surface area contributed by atoms with Crippen LogP contribution in [0.4, 0.5) is 5.69 Å². The second-order valence-electron chi connectivity index (χ2n) is 4.40. The third kappa shape index (κ3) is 3.36. The molecule has 104 valence electrons. The Morgan fingerprint density at radius 2 is 1.85 bits per heavy atom. The molecule has 0 atom stereocenters. The number of nitrogens with one attached hydrogen (secondary N) is 1. The number of hydrogen-bond acceptors (Lipinski definition) is 3. The zero-order valence-electron chi connectivity index (χ0n) is 11.4. The molecule has 0 radical (unpaired) electrons. The first-order chi connectivity index (χ1) is 9.72. The number of nitrogens with two attached hydrogens (primary N) is 1. The molecule has 20 heavy (non-hydrogen) atoms. The summed E-state index contributed by atoms with van der Waals surface area (Å²) in [6, 6.07) is 14.8. The van der Waals surface area contributed by atoms with Gasteiger partial charge >= 0.3 is 0 Å². The maximum atomic E-state index is 12.3. The van der Waals surface area contributed by atoms with E-state index in [1.165, 1.54) is 0 Å². The van der Waals surface area contributed by atoms with Gasteiger partial charge in [-0.25, -0.2) is 0 Å². The SMILES string of the molecule is Cc1ccccc1C(=O)Nc1ccccc1OCCN. The standard InChI is InChI=1S/C16H18N2O2/c1-12-6-2-3-7-13(12)16(19)18-14-8-4-5-9-15(14)20-11-10-17/h2-9H,10-11,17H2,1H3,(H,18,19). The van der Waals surface area contributed by atoms with Crippen molar-refractivity contribution in [3.63, 3.8) is 0 Å². The molecule has 0 aliphatic carbocycles. The summed E-state index contributed by atoms with van der Waals surface area (Å²) in [6.45, 7) is 2.75. The summed E-state index contributed by atoms with van der Waals surface area (Å²) in [5.74, 6) is 0.479. The van der Waals surface area contributed by atoms with E-state index in [0.717, 1.165) is 5.56 Å². The Kier molecular flexibility index (Phi) is 4.74. The molecule has 0 aromatic heterocycles. The molecule has 0 spiro atoms. The Bertz CT molecular complexity index is 597. The summed E-state index contributed by atoms with van der Waals surface area (Å²) >= 11 is 0. The summed E-state index contributed by atoms with van der Waals surface area (Å²) < 4.78 is 5.51. The molecule has 2 rings (SSSR count). The number of para-hydroxylation sites is 2. The Balaban J connectivity index is 2.18. The van der Waals surface area contributed by atoms with Gasteiger partial charge in [0, 0.05) is 12.1 Å². The second kappa shape index (κ2) is 6.73. The van der Waals surface area contributed by atoms with Crippen molar-refractivity contribution in [2.24, 2.45) is 5.73 Å². The van der Waals surface area contributed by atoms with Crippen molar-refractivity contribution in [3.8, 4) is 5.75 Å². The molecule has 1 amide bonds. The van der Waals surface area contributed by atoms with Gasteiger partial charge in [-0.1, -0.05) is 30.3 Å². The van der Waals surface area contributed by atoms with Crippen molar-refractivity contribution in [2.75, 3.05) is 18.5 Å². The van der Waals surface area contributed by atoms with Crippen molar-refractivity contribution >= 4 is 11.6 Å². The van der Waals surface area contributed by atoms with Crippen LogP contribution in [0.2, 0.25) is 0 Å². The average Bonchev–Trinajstić information content (AvgIpc) is 2.46. The third-order valence-corrected chi connectivity index (χ3v) is 2.90. The Labute approximate surface area is 118 Å². The predicted octanol–water partition coefficient (Wildman–Crippen LogP) is 2.58. The summed E-state index contributed by atoms with van der Waals surface area (Å²) in [5, 5.41) is 2.87. The van der Waals surface area contributed by atoms with E-state index in [-0.39, 0.29) is 5.91 Å². The Hall–Kier alpha value is -2.33. The first kappa shape index (κ1) is 14.1. The van der Waals surface area contributed by atoms with E-state index < -0.39 is 0 Å². The number of anilines is 1. The maximum Gasteiger partial charge on any atom is 0.256 e. The van der Waals surface area contributed by atoms with Gasteiger partial charge in [0.15, 0.2) is 0 Å². The fourth-order valence-electron chi connectivity index (χ4n) is 1.88. The largest absolute Gasteiger partial charge is 0.490 e. The van der Waals surface area contributed by atoms with E-state index >= 15 is 0 Å². The topological polar surface area (TPSA) is 64.3 Å². The number of benzene rings is 2. The van der Waals surface area contributed by atoms with Gasteiger partial charge in [0.25, 0.3) is 5.91 Å². The number of carbonyl (C=O) groups is 1. The minimum absolute atomic E-state index is 0.146. The van der Waals surface area contributed by atoms with Crippen molar-refractivity contribution in [2.45, 2.75) is 6.92 Å². The molecule has 3 N–H and O–H groups in total. The summed E-state index contributed by atoms with van der Waals surface area (Å²) in [6.07, 6.45) is 0. The van der Waals surface area contributed by atoms with Gasteiger partial charge in [0.2, 0.25) is 0 Å². The molecule has 0 saturated carbocycles. The molecule has 2 aromatic rings. The van der Waals surface area contributed by atoms with Crippen molar-refractivity contribution in [3.05, 3.63) is 59.7 Å². The van der Waals surface area contributed by atoms with Crippen LogP contribution in [0.1, 0.15) is 15.9 Å². The van der Waals surface area contributed by atoms with Gasteiger partial charge in [0.1, 0.15) is 12.4 Å². The lowest BCUT2D eigenvalue weighted by Gasteiger charge is -2.12. The molecule has 2 aromatic carbocycles. The van der Waals surface area contributed by atoms with E-state index in [1.54, 1.807) is 6.07 Å². The number of aryl methyl sites for hydroxylation is 1. The molecule has 0 fully saturated rings. The third-order valence-electron chi connectivity index (χ3n) is 2.90. The lowest BCUT2D eigenvalue weighted by atomic mass is 10.1. The highest BCUT2D eigenvalue weighted by atomic mass is 16.5. The first-order valence-electron chi connectivity index (χ1n) is 6.51. The lowest BCUT2D eigenvalue weighted by molar-refractivity contribution is 0.102. The second-order valence-corrected chi connectivity index (χ2v) is 4.40. The highest BCUT2D eigenvalue weighted by Gasteiger charge is 2.11. The van der Waals surface area contributed by atoms with Crippen LogP contribution in [-0.4, -0.2) is 19.1 Å². The van der Waals surface area contributed by atoms with Gasteiger partial charge in [-0.3, -0.25) is 4.79 Å². The lowest BCUT2D eigenvalue weighted by Crippen LogP contribution is -2.15. The van der Waals surface area contributed by atoms with E-state index in [1.807, 2.05) is 49.4 Å². The van der Waals surface area contributed by atoms with Gasteiger partial charge in [0.05, 0.1) is 5.69 Å². The monoisotopic (exact) mass is 270 g/mol. The minimum Gasteiger partial charge on any atom is -0.490 e. The van der Waals surface area contributed by atoms with Crippen LogP contribution < -0.4 is 15.8 Å². The average molecular weight is 270 g/mol. The van der Waals surface area contributed by atoms with Crippen LogP contribution in [0.3, 0.4) is 0 Å². The molecule has 0 unspecified atom stereocenters. The zero-order chi connectivity index (χ0) is 14.4.